The lowest BCUT2D eigenvalue weighted by Gasteiger charge is -2.08. The number of carbonyl (C=O) groups excluding carboxylic acids is 1. The monoisotopic (exact) mass is 266 g/mol. The average molecular weight is 266 g/mol. The van der Waals surface area contributed by atoms with Crippen molar-refractivity contribution >= 4 is 11.9 Å². The van der Waals surface area contributed by atoms with E-state index in [0.29, 0.717) is 6.07 Å². The number of aromatic carboxylic acids is 1. The molecule has 0 bridgehead atoms. The topological polar surface area (TPSA) is 76.7 Å². The quantitative estimate of drug-likeness (QED) is 0.851. The van der Waals surface area contributed by atoms with Gasteiger partial charge in [-0.15, -0.1) is 0 Å². The van der Waals surface area contributed by atoms with Gasteiger partial charge >= 0.3 is 18.1 Å². The fourth-order valence-corrected chi connectivity index (χ4v) is 1.14. The zero-order valence-electron chi connectivity index (χ0n) is 9.37. The maximum Gasteiger partial charge on any atom is 0.450 e. The SMILES string of the molecule is CC(C)OC(=O)c1cc(C(=O)O)oc1C(F)(F)F. The molecule has 0 unspecified atom stereocenters. The standard InChI is InChI=1S/C10H9F3O5/c1-4(2)17-9(16)5-3-6(8(14)15)18-7(5)10(11,12)13/h3-4H,1-2H3,(H,14,15). The lowest BCUT2D eigenvalue weighted by atomic mass is 10.2. The van der Waals surface area contributed by atoms with Crippen LogP contribution in [-0.4, -0.2) is 23.1 Å². The molecule has 0 aromatic carbocycles. The van der Waals surface area contributed by atoms with Crippen LogP contribution >= 0.6 is 0 Å². The Morgan fingerprint density at radius 2 is 1.94 bits per heavy atom. The van der Waals surface area contributed by atoms with Crippen LogP contribution in [0.5, 0.6) is 0 Å². The Labute approximate surface area is 99.1 Å². The normalized spacial score (nSPS) is 11.7. The first-order chi connectivity index (χ1) is 8.12. The summed E-state index contributed by atoms with van der Waals surface area (Å²) in [7, 11) is 0. The smallest absolute Gasteiger partial charge is 0.450 e. The van der Waals surface area contributed by atoms with Gasteiger partial charge in [-0.1, -0.05) is 0 Å². The number of hydrogen-bond donors (Lipinski definition) is 1. The van der Waals surface area contributed by atoms with E-state index < -0.39 is 41.3 Å². The van der Waals surface area contributed by atoms with E-state index in [1.165, 1.54) is 13.8 Å². The van der Waals surface area contributed by atoms with E-state index in [1.54, 1.807) is 0 Å². The molecule has 0 aliphatic carbocycles. The zero-order chi connectivity index (χ0) is 14.1. The summed E-state index contributed by atoms with van der Waals surface area (Å²) < 4.78 is 46.3. The maximum absolute atomic E-state index is 12.5. The van der Waals surface area contributed by atoms with Crippen molar-refractivity contribution in [2.75, 3.05) is 0 Å². The van der Waals surface area contributed by atoms with Gasteiger partial charge < -0.3 is 14.3 Å². The highest BCUT2D eigenvalue weighted by molar-refractivity contribution is 5.94. The molecule has 0 aliphatic rings. The highest BCUT2D eigenvalue weighted by atomic mass is 19.4. The Balaban J connectivity index is 3.24. The lowest BCUT2D eigenvalue weighted by molar-refractivity contribution is -0.153. The molecule has 0 atom stereocenters. The van der Waals surface area contributed by atoms with Gasteiger partial charge in [0.05, 0.1) is 6.10 Å². The summed E-state index contributed by atoms with van der Waals surface area (Å²) in [4.78, 5) is 21.9. The van der Waals surface area contributed by atoms with E-state index in [9.17, 15) is 22.8 Å². The fraction of sp³-hybridized carbons (Fsp3) is 0.400. The summed E-state index contributed by atoms with van der Waals surface area (Å²) in [5.74, 6) is -5.64. The van der Waals surface area contributed by atoms with Crippen molar-refractivity contribution in [1.82, 2.24) is 0 Å². The molecule has 100 valence electrons. The molecule has 1 N–H and O–H groups in total. The van der Waals surface area contributed by atoms with E-state index in [2.05, 4.69) is 9.15 Å². The summed E-state index contributed by atoms with van der Waals surface area (Å²) >= 11 is 0. The van der Waals surface area contributed by atoms with Crippen molar-refractivity contribution in [1.29, 1.82) is 0 Å². The molecule has 18 heavy (non-hydrogen) atoms. The number of furan rings is 1. The van der Waals surface area contributed by atoms with Gasteiger partial charge in [-0.3, -0.25) is 0 Å². The van der Waals surface area contributed by atoms with Crippen LogP contribution in [-0.2, 0) is 10.9 Å². The largest absolute Gasteiger partial charge is 0.475 e. The molecule has 0 radical (unpaired) electrons. The molecule has 1 rings (SSSR count). The minimum absolute atomic E-state index is 0.496. The minimum atomic E-state index is -4.97. The molecular formula is C10H9F3O5. The van der Waals surface area contributed by atoms with E-state index in [4.69, 9.17) is 5.11 Å². The van der Waals surface area contributed by atoms with E-state index in [1.807, 2.05) is 0 Å². The lowest BCUT2D eigenvalue weighted by Crippen LogP contribution is -2.16. The van der Waals surface area contributed by atoms with E-state index in [-0.39, 0.29) is 0 Å². The van der Waals surface area contributed by atoms with Crippen molar-refractivity contribution < 1.29 is 37.0 Å². The van der Waals surface area contributed by atoms with Gasteiger partial charge in [0, 0.05) is 6.07 Å². The number of carboxylic acid groups (broad SMARTS) is 1. The molecule has 1 heterocycles. The minimum Gasteiger partial charge on any atom is -0.475 e. The molecule has 5 nitrogen and oxygen atoms in total. The van der Waals surface area contributed by atoms with Crippen LogP contribution in [0.25, 0.3) is 0 Å². The molecule has 0 saturated carbocycles. The first-order valence-electron chi connectivity index (χ1n) is 4.78. The number of rotatable bonds is 3. The number of hydrogen-bond acceptors (Lipinski definition) is 4. The highest BCUT2D eigenvalue weighted by Crippen LogP contribution is 2.34. The Hall–Kier alpha value is -1.99. The van der Waals surface area contributed by atoms with Crippen LogP contribution < -0.4 is 0 Å². The number of carboxylic acids is 1. The second-order valence-electron chi connectivity index (χ2n) is 3.61. The van der Waals surface area contributed by atoms with Gasteiger partial charge in [0.1, 0.15) is 5.56 Å². The summed E-state index contributed by atoms with van der Waals surface area (Å²) in [6.07, 6.45) is -5.61. The van der Waals surface area contributed by atoms with E-state index in [0.717, 1.165) is 0 Å². The van der Waals surface area contributed by atoms with Crippen LogP contribution in [0.15, 0.2) is 10.5 Å². The molecule has 1 aromatic rings. The molecule has 8 heteroatoms. The zero-order valence-corrected chi connectivity index (χ0v) is 9.37. The van der Waals surface area contributed by atoms with Crippen LogP contribution in [0.1, 0.15) is 40.5 Å². The highest BCUT2D eigenvalue weighted by Gasteiger charge is 2.41. The average Bonchev–Trinajstić information content (AvgIpc) is 2.59. The van der Waals surface area contributed by atoms with Gasteiger partial charge in [-0.2, -0.15) is 13.2 Å². The van der Waals surface area contributed by atoms with Gasteiger partial charge in [0.15, 0.2) is 0 Å². The summed E-state index contributed by atoms with van der Waals surface area (Å²) in [6.45, 7) is 2.90. The van der Waals surface area contributed by atoms with Gasteiger partial charge in [0.25, 0.3) is 0 Å². The number of ether oxygens (including phenoxy) is 1. The predicted molar refractivity (Wildman–Crippen MR) is 51.2 cm³/mol. The molecule has 0 spiro atoms. The first kappa shape index (κ1) is 14.1. The van der Waals surface area contributed by atoms with Crippen LogP contribution in [0, 0.1) is 0 Å². The summed E-state index contributed by atoms with van der Waals surface area (Å²) in [6, 6.07) is 0.496. The summed E-state index contributed by atoms with van der Waals surface area (Å²) in [5, 5.41) is 8.54. The number of alkyl halides is 3. The molecular weight excluding hydrogens is 257 g/mol. The fourth-order valence-electron chi connectivity index (χ4n) is 1.14. The van der Waals surface area contributed by atoms with Gasteiger partial charge in [-0.05, 0) is 13.8 Å². The number of esters is 1. The predicted octanol–water partition coefficient (Wildman–Crippen LogP) is 2.56. The number of carbonyl (C=O) groups is 2. The Kier molecular flexibility index (Phi) is 3.68. The van der Waals surface area contributed by atoms with E-state index >= 15 is 0 Å². The Bertz CT molecular complexity index is 472. The molecule has 1 aromatic heterocycles. The van der Waals surface area contributed by atoms with Gasteiger partial charge in [-0.25, -0.2) is 9.59 Å². The van der Waals surface area contributed by atoms with Crippen molar-refractivity contribution in [3.05, 3.63) is 23.2 Å². The Morgan fingerprint density at radius 1 is 1.39 bits per heavy atom. The van der Waals surface area contributed by atoms with Crippen molar-refractivity contribution in [2.24, 2.45) is 0 Å². The Morgan fingerprint density at radius 3 is 2.33 bits per heavy atom. The third kappa shape index (κ3) is 3.02. The maximum atomic E-state index is 12.5. The van der Waals surface area contributed by atoms with Crippen molar-refractivity contribution in [3.63, 3.8) is 0 Å². The second-order valence-corrected chi connectivity index (χ2v) is 3.61. The molecule has 0 amide bonds. The molecule has 0 fully saturated rings. The first-order valence-corrected chi connectivity index (χ1v) is 4.78. The third-order valence-electron chi connectivity index (χ3n) is 1.76. The van der Waals surface area contributed by atoms with Crippen molar-refractivity contribution in [3.8, 4) is 0 Å². The molecule has 0 saturated heterocycles. The molecule has 0 aliphatic heterocycles. The second kappa shape index (κ2) is 4.71. The van der Waals surface area contributed by atoms with Crippen LogP contribution in [0.2, 0.25) is 0 Å². The summed E-state index contributed by atoms with van der Waals surface area (Å²) in [5.41, 5.74) is -0.950. The third-order valence-corrected chi connectivity index (χ3v) is 1.76. The van der Waals surface area contributed by atoms with Crippen molar-refractivity contribution in [2.45, 2.75) is 26.1 Å². The van der Waals surface area contributed by atoms with Crippen LogP contribution in [0.4, 0.5) is 13.2 Å². The number of halogens is 3. The van der Waals surface area contributed by atoms with Crippen LogP contribution in [0.3, 0.4) is 0 Å². The van der Waals surface area contributed by atoms with Gasteiger partial charge in [0.2, 0.25) is 11.5 Å².